The first-order valence-electron chi connectivity index (χ1n) is 6.74. The lowest BCUT2D eigenvalue weighted by Crippen LogP contribution is -2.34. The number of aldehydes is 1. The lowest BCUT2D eigenvalue weighted by molar-refractivity contribution is -0.155. The molecule has 0 amide bonds. The number of esters is 1. The van der Waals surface area contributed by atoms with Gasteiger partial charge in [0.25, 0.3) is 0 Å². The molecule has 20 heavy (non-hydrogen) atoms. The van der Waals surface area contributed by atoms with Crippen LogP contribution in [0.4, 0.5) is 0 Å². The van der Waals surface area contributed by atoms with E-state index in [0.717, 1.165) is 6.29 Å². The molecule has 0 aromatic carbocycles. The molecule has 0 radical (unpaired) electrons. The van der Waals surface area contributed by atoms with E-state index >= 15 is 0 Å². The van der Waals surface area contributed by atoms with Crippen molar-refractivity contribution in [2.24, 2.45) is 0 Å². The Bertz CT molecular complexity index is 350. The molecule has 0 aromatic rings. The molecule has 0 spiro atoms. The van der Waals surface area contributed by atoms with Crippen molar-refractivity contribution in [1.29, 1.82) is 0 Å². The van der Waals surface area contributed by atoms with Crippen LogP contribution in [-0.2, 0) is 19.1 Å². The van der Waals surface area contributed by atoms with Crippen molar-refractivity contribution < 1.29 is 19.1 Å². The molecule has 0 fully saturated rings. The zero-order valence-corrected chi connectivity index (χ0v) is 13.4. The van der Waals surface area contributed by atoms with Gasteiger partial charge in [-0.05, 0) is 54.5 Å². The summed E-state index contributed by atoms with van der Waals surface area (Å²) in [7, 11) is 0. The maximum atomic E-state index is 11.6. The normalized spacial score (nSPS) is 13.3. The average molecular weight is 285 g/mol. The van der Waals surface area contributed by atoms with Crippen LogP contribution in [0.1, 0.15) is 54.4 Å². The van der Waals surface area contributed by atoms with Gasteiger partial charge in [0.1, 0.15) is 17.5 Å². The Balaban J connectivity index is 4.20. The zero-order valence-electron chi connectivity index (χ0n) is 13.4. The fourth-order valence-electron chi connectivity index (χ4n) is 1.45. The molecule has 5 nitrogen and oxygen atoms in total. The van der Waals surface area contributed by atoms with Crippen molar-refractivity contribution in [1.82, 2.24) is 5.32 Å². The van der Waals surface area contributed by atoms with Crippen LogP contribution in [0.5, 0.6) is 0 Å². The van der Waals surface area contributed by atoms with Crippen LogP contribution < -0.4 is 5.32 Å². The van der Waals surface area contributed by atoms with Gasteiger partial charge in [-0.1, -0.05) is 0 Å². The van der Waals surface area contributed by atoms with E-state index in [9.17, 15) is 9.59 Å². The molecular weight excluding hydrogens is 258 g/mol. The maximum absolute atomic E-state index is 11.6. The van der Waals surface area contributed by atoms with Crippen LogP contribution in [0.25, 0.3) is 0 Å². The summed E-state index contributed by atoms with van der Waals surface area (Å²) in [6.45, 7) is 14.8. The molecule has 116 valence electrons. The lowest BCUT2D eigenvalue weighted by Gasteiger charge is -2.25. The molecule has 0 unspecified atom stereocenters. The van der Waals surface area contributed by atoms with Crippen molar-refractivity contribution in [3.05, 3.63) is 12.5 Å². The van der Waals surface area contributed by atoms with Gasteiger partial charge in [0, 0.05) is 6.42 Å². The molecule has 1 atom stereocenters. The number of carbonyl (C=O) groups is 2. The Hall–Kier alpha value is -1.52. The first kappa shape index (κ1) is 18.5. The highest BCUT2D eigenvalue weighted by molar-refractivity contribution is 5.71. The van der Waals surface area contributed by atoms with E-state index in [-0.39, 0.29) is 18.0 Å². The Labute approximate surface area is 121 Å². The van der Waals surface area contributed by atoms with Crippen LogP contribution >= 0.6 is 0 Å². The molecule has 1 N–H and O–H groups in total. The fraction of sp³-hybridized carbons (Fsp3) is 0.733. The molecule has 0 bridgehead atoms. The van der Waals surface area contributed by atoms with Gasteiger partial charge < -0.3 is 19.6 Å². The van der Waals surface area contributed by atoms with Crippen LogP contribution in [0.2, 0.25) is 0 Å². The van der Waals surface area contributed by atoms with Gasteiger partial charge >= 0.3 is 5.97 Å². The Morgan fingerprint density at radius 1 is 1.15 bits per heavy atom. The molecule has 0 saturated heterocycles. The highest BCUT2D eigenvalue weighted by atomic mass is 16.6. The maximum Gasteiger partial charge on any atom is 0.306 e. The highest BCUT2D eigenvalue weighted by Gasteiger charge is 2.19. The summed E-state index contributed by atoms with van der Waals surface area (Å²) < 4.78 is 10.7. The molecule has 0 aromatic heterocycles. The smallest absolute Gasteiger partial charge is 0.306 e. The monoisotopic (exact) mass is 285 g/mol. The minimum atomic E-state index is -0.516. The molecule has 0 saturated carbocycles. The number of hydrogen-bond acceptors (Lipinski definition) is 5. The standard InChI is InChI=1S/C15H27NO4/c1-11(19-14(2,3)4)16-12(10-17)8-9-13(18)20-15(5,6)7/h10,12,16H,1,8-9H2,2-7H3/t12-/m1/s1. The summed E-state index contributed by atoms with van der Waals surface area (Å²) >= 11 is 0. The van der Waals surface area contributed by atoms with Gasteiger partial charge in [-0.3, -0.25) is 4.79 Å². The SMILES string of the molecule is C=C(N[C@@H](C=O)CCC(=O)OC(C)(C)C)OC(C)(C)C. The van der Waals surface area contributed by atoms with Crippen LogP contribution in [-0.4, -0.2) is 29.5 Å². The topological polar surface area (TPSA) is 64.6 Å². The number of carbonyl (C=O) groups excluding carboxylic acids is 2. The van der Waals surface area contributed by atoms with Crippen molar-refractivity contribution in [3.8, 4) is 0 Å². The number of ether oxygens (including phenoxy) is 2. The largest absolute Gasteiger partial charge is 0.474 e. The third-order valence-corrected chi connectivity index (χ3v) is 2.02. The van der Waals surface area contributed by atoms with E-state index < -0.39 is 11.6 Å². The van der Waals surface area contributed by atoms with Crippen molar-refractivity contribution in [2.75, 3.05) is 0 Å². The third-order valence-electron chi connectivity index (χ3n) is 2.02. The predicted octanol–water partition coefficient (Wildman–Crippen LogP) is 2.55. The summed E-state index contributed by atoms with van der Waals surface area (Å²) in [6.07, 6.45) is 1.24. The van der Waals surface area contributed by atoms with E-state index in [4.69, 9.17) is 9.47 Å². The summed E-state index contributed by atoms with van der Waals surface area (Å²) in [6, 6.07) is -0.516. The van der Waals surface area contributed by atoms with E-state index in [2.05, 4.69) is 11.9 Å². The van der Waals surface area contributed by atoms with E-state index in [1.54, 1.807) is 20.8 Å². The molecular formula is C15H27NO4. The summed E-state index contributed by atoms with van der Waals surface area (Å²) in [5, 5.41) is 2.85. The first-order chi connectivity index (χ1) is 8.93. The second kappa shape index (κ2) is 7.31. The minimum Gasteiger partial charge on any atom is -0.474 e. The van der Waals surface area contributed by atoms with E-state index in [1.165, 1.54) is 0 Å². The average Bonchev–Trinajstić information content (AvgIpc) is 2.18. The first-order valence-corrected chi connectivity index (χ1v) is 6.74. The highest BCUT2D eigenvalue weighted by Crippen LogP contribution is 2.12. The number of rotatable bonds is 7. The van der Waals surface area contributed by atoms with E-state index in [0.29, 0.717) is 12.3 Å². The predicted molar refractivity (Wildman–Crippen MR) is 78.0 cm³/mol. The van der Waals surface area contributed by atoms with Crippen LogP contribution in [0, 0.1) is 0 Å². The van der Waals surface area contributed by atoms with Gasteiger partial charge in [-0.25, -0.2) is 0 Å². The fourth-order valence-corrected chi connectivity index (χ4v) is 1.45. The van der Waals surface area contributed by atoms with Crippen molar-refractivity contribution in [2.45, 2.75) is 71.6 Å². The van der Waals surface area contributed by atoms with Crippen LogP contribution in [0.3, 0.4) is 0 Å². The molecule has 0 aliphatic heterocycles. The van der Waals surface area contributed by atoms with Gasteiger partial charge in [0.05, 0.1) is 6.04 Å². The molecule has 0 rings (SSSR count). The second-order valence-electron chi connectivity index (χ2n) is 6.65. The molecule has 0 aliphatic rings. The van der Waals surface area contributed by atoms with Crippen molar-refractivity contribution >= 4 is 12.3 Å². The number of hydrogen-bond donors (Lipinski definition) is 1. The summed E-state index contributed by atoms with van der Waals surface area (Å²) in [5.74, 6) is -0.00714. The molecule has 0 heterocycles. The minimum absolute atomic E-state index is 0.163. The lowest BCUT2D eigenvalue weighted by atomic mass is 10.1. The summed E-state index contributed by atoms with van der Waals surface area (Å²) in [4.78, 5) is 22.6. The van der Waals surface area contributed by atoms with E-state index in [1.807, 2.05) is 20.8 Å². The van der Waals surface area contributed by atoms with Crippen LogP contribution in [0.15, 0.2) is 12.5 Å². The zero-order chi connectivity index (χ0) is 16.0. The Kier molecular flexibility index (Phi) is 6.76. The van der Waals surface area contributed by atoms with Gasteiger partial charge in [-0.2, -0.15) is 0 Å². The Morgan fingerprint density at radius 2 is 1.65 bits per heavy atom. The number of nitrogens with one attached hydrogen (secondary N) is 1. The van der Waals surface area contributed by atoms with Gasteiger partial charge in [0.2, 0.25) is 0 Å². The third kappa shape index (κ3) is 10.4. The molecule has 5 heteroatoms. The summed E-state index contributed by atoms with van der Waals surface area (Å²) in [5.41, 5.74) is -0.900. The quantitative estimate of drug-likeness (QED) is 0.442. The Morgan fingerprint density at radius 3 is 2.05 bits per heavy atom. The van der Waals surface area contributed by atoms with Crippen molar-refractivity contribution in [3.63, 3.8) is 0 Å². The van der Waals surface area contributed by atoms with Gasteiger partial charge in [0.15, 0.2) is 5.88 Å². The second-order valence-corrected chi connectivity index (χ2v) is 6.65. The van der Waals surface area contributed by atoms with Gasteiger partial charge in [-0.15, -0.1) is 0 Å². The molecule has 0 aliphatic carbocycles.